The summed E-state index contributed by atoms with van der Waals surface area (Å²) in [5, 5.41) is 22.4. The number of ketones is 1. The largest absolute Gasteiger partial charge is 0.465 e. The Balaban J connectivity index is 1.77. The molecule has 150 valence electrons. The minimum Gasteiger partial charge on any atom is -0.465 e. The first-order chi connectivity index (χ1) is 12.6. The van der Waals surface area contributed by atoms with Gasteiger partial charge in [-0.25, -0.2) is 0 Å². The van der Waals surface area contributed by atoms with Gasteiger partial charge in [0.15, 0.2) is 5.78 Å². The van der Waals surface area contributed by atoms with Crippen molar-refractivity contribution in [3.05, 3.63) is 12.2 Å². The first kappa shape index (κ1) is 19.1. The molecule has 4 rings (SSSR count). The second-order valence-corrected chi connectivity index (χ2v) is 10.1. The number of carbonyl (C=O) groups excluding carboxylic acids is 2. The van der Waals surface area contributed by atoms with E-state index in [1.165, 1.54) is 6.92 Å². The summed E-state index contributed by atoms with van der Waals surface area (Å²) in [4.78, 5) is 24.7. The highest BCUT2D eigenvalue weighted by Crippen LogP contribution is 2.71. The molecule has 4 fully saturated rings. The maximum absolute atomic E-state index is 13.3. The molecule has 5 nitrogen and oxygen atoms in total. The van der Waals surface area contributed by atoms with Gasteiger partial charge in [-0.3, -0.25) is 9.59 Å². The molecule has 27 heavy (non-hydrogen) atoms. The fraction of sp³-hybridized carbons (Fsp3) is 0.818. The molecule has 5 heteroatoms. The van der Waals surface area contributed by atoms with E-state index in [1.54, 1.807) is 0 Å². The number of hydrogen-bond acceptors (Lipinski definition) is 5. The number of Topliss-reactive ketones (excluding diaryl/α,β-unsaturated/α-hetero) is 1. The van der Waals surface area contributed by atoms with Crippen molar-refractivity contribution in [2.45, 2.75) is 71.5 Å². The summed E-state index contributed by atoms with van der Waals surface area (Å²) in [6.07, 6.45) is 3.28. The monoisotopic (exact) mass is 376 g/mol. The molecule has 0 unspecified atom stereocenters. The topological polar surface area (TPSA) is 83.8 Å². The van der Waals surface area contributed by atoms with Crippen LogP contribution in [0.5, 0.6) is 0 Å². The minimum atomic E-state index is -1.09. The Morgan fingerprint density at radius 2 is 1.93 bits per heavy atom. The standard InChI is InChI=1S/C22H32O5/c1-12-14-6-7-15-21(4)9-5-8-20(3,11-27-13(2)23)16(21)10-17(24)22(15,18(12)25)19(14)26/h14-17,19,24,26H,1,5-11H2,2-4H3/t14-,15-,16+,17+,19-,20+,21-,22-/m0/s1. The molecular formula is C22H32O5. The van der Waals surface area contributed by atoms with Crippen molar-refractivity contribution >= 4 is 11.8 Å². The lowest BCUT2D eigenvalue weighted by atomic mass is 9.39. The number of esters is 1. The molecule has 0 heterocycles. The molecule has 4 aliphatic rings. The molecule has 0 aromatic heterocycles. The molecule has 0 amide bonds. The lowest BCUT2D eigenvalue weighted by Gasteiger charge is -2.65. The van der Waals surface area contributed by atoms with E-state index in [4.69, 9.17) is 4.74 Å². The van der Waals surface area contributed by atoms with Gasteiger partial charge in [-0.15, -0.1) is 0 Å². The van der Waals surface area contributed by atoms with E-state index in [2.05, 4.69) is 20.4 Å². The van der Waals surface area contributed by atoms with Gasteiger partial charge in [0, 0.05) is 18.3 Å². The number of rotatable bonds is 2. The van der Waals surface area contributed by atoms with Crippen LogP contribution in [-0.4, -0.2) is 40.8 Å². The number of hydrogen-bond donors (Lipinski definition) is 2. The maximum atomic E-state index is 13.3. The average Bonchev–Trinajstić information content (AvgIpc) is 2.71. The third-order valence-electron chi connectivity index (χ3n) is 8.86. The Hall–Kier alpha value is -1.20. The van der Waals surface area contributed by atoms with Crippen LogP contribution in [0.15, 0.2) is 12.2 Å². The van der Waals surface area contributed by atoms with Gasteiger partial charge in [0.25, 0.3) is 0 Å². The second kappa shape index (κ2) is 5.90. The molecule has 0 aromatic carbocycles. The summed E-state index contributed by atoms with van der Waals surface area (Å²) >= 11 is 0. The van der Waals surface area contributed by atoms with Gasteiger partial charge in [-0.2, -0.15) is 0 Å². The van der Waals surface area contributed by atoms with Crippen molar-refractivity contribution < 1.29 is 24.5 Å². The molecule has 0 radical (unpaired) electrons. The van der Waals surface area contributed by atoms with Gasteiger partial charge in [-0.05, 0) is 54.9 Å². The SMILES string of the molecule is C=C1C(=O)[C@@]23[C@H](O)C[C@@H]4[C@@](C)(COC(C)=O)CCC[C@@]4(C)[C@@H]2CC[C@@H]1[C@@H]3O. The molecule has 0 aliphatic heterocycles. The smallest absolute Gasteiger partial charge is 0.302 e. The number of aliphatic hydroxyl groups is 2. The van der Waals surface area contributed by atoms with Crippen molar-refractivity contribution in [2.24, 2.45) is 34.0 Å². The quantitative estimate of drug-likeness (QED) is 0.572. The number of fused-ring (bicyclic) bond motifs is 3. The van der Waals surface area contributed by atoms with Gasteiger partial charge in [0.2, 0.25) is 0 Å². The first-order valence-electron chi connectivity index (χ1n) is 10.3. The van der Waals surface area contributed by atoms with Crippen LogP contribution in [0.4, 0.5) is 0 Å². The van der Waals surface area contributed by atoms with E-state index >= 15 is 0 Å². The summed E-state index contributed by atoms with van der Waals surface area (Å²) < 4.78 is 5.42. The maximum Gasteiger partial charge on any atom is 0.302 e. The van der Waals surface area contributed by atoms with Gasteiger partial charge in [-0.1, -0.05) is 26.8 Å². The van der Waals surface area contributed by atoms with Crippen molar-refractivity contribution in [3.63, 3.8) is 0 Å². The summed E-state index contributed by atoms with van der Waals surface area (Å²) in [6, 6.07) is 0. The normalized spacial score (nSPS) is 51.5. The summed E-state index contributed by atoms with van der Waals surface area (Å²) in [5.41, 5.74) is -0.977. The van der Waals surface area contributed by atoms with Crippen LogP contribution in [-0.2, 0) is 14.3 Å². The lowest BCUT2D eigenvalue weighted by molar-refractivity contribution is -0.231. The zero-order valence-electron chi connectivity index (χ0n) is 16.7. The molecule has 2 bridgehead atoms. The minimum absolute atomic E-state index is 0.0614. The highest BCUT2D eigenvalue weighted by molar-refractivity contribution is 6.04. The van der Waals surface area contributed by atoms with E-state index in [0.717, 1.165) is 32.1 Å². The predicted octanol–water partition coefficient (Wildman–Crippen LogP) is 2.64. The second-order valence-electron chi connectivity index (χ2n) is 10.1. The fourth-order valence-electron chi connectivity index (χ4n) is 7.69. The summed E-state index contributed by atoms with van der Waals surface area (Å²) in [5.74, 6) is -0.515. The highest BCUT2D eigenvalue weighted by atomic mass is 16.5. The number of ether oxygens (including phenoxy) is 1. The average molecular weight is 376 g/mol. The van der Waals surface area contributed by atoms with Gasteiger partial charge < -0.3 is 14.9 Å². The number of aliphatic hydroxyl groups excluding tert-OH is 2. The molecular weight excluding hydrogens is 344 g/mol. The molecule has 4 aliphatic carbocycles. The zero-order valence-corrected chi connectivity index (χ0v) is 16.7. The Bertz CT molecular complexity index is 701. The first-order valence-corrected chi connectivity index (χ1v) is 10.3. The molecule has 1 spiro atoms. The van der Waals surface area contributed by atoms with Crippen LogP contribution < -0.4 is 0 Å². The van der Waals surface area contributed by atoms with Crippen LogP contribution in [0.25, 0.3) is 0 Å². The van der Waals surface area contributed by atoms with Crippen molar-refractivity contribution in [1.29, 1.82) is 0 Å². The molecule has 0 saturated heterocycles. The third-order valence-corrected chi connectivity index (χ3v) is 8.86. The highest BCUT2D eigenvalue weighted by Gasteiger charge is 2.73. The van der Waals surface area contributed by atoms with E-state index in [1.807, 2.05) is 0 Å². The third kappa shape index (κ3) is 2.24. The molecule has 8 atom stereocenters. The van der Waals surface area contributed by atoms with Crippen LogP contribution >= 0.6 is 0 Å². The number of carbonyl (C=O) groups is 2. The van der Waals surface area contributed by atoms with E-state index in [-0.39, 0.29) is 40.3 Å². The van der Waals surface area contributed by atoms with Gasteiger partial charge >= 0.3 is 5.97 Å². The summed E-state index contributed by atoms with van der Waals surface area (Å²) in [7, 11) is 0. The van der Waals surface area contributed by atoms with Crippen LogP contribution in [0.3, 0.4) is 0 Å². The molecule has 0 aromatic rings. The summed E-state index contributed by atoms with van der Waals surface area (Å²) in [6.45, 7) is 10.1. The van der Waals surface area contributed by atoms with Gasteiger partial charge in [0.1, 0.15) is 0 Å². The van der Waals surface area contributed by atoms with E-state index < -0.39 is 17.6 Å². The van der Waals surface area contributed by atoms with Crippen LogP contribution in [0, 0.1) is 34.0 Å². The van der Waals surface area contributed by atoms with E-state index in [9.17, 15) is 19.8 Å². The lowest BCUT2D eigenvalue weighted by Crippen LogP contribution is -2.67. The van der Waals surface area contributed by atoms with E-state index in [0.29, 0.717) is 18.6 Å². The van der Waals surface area contributed by atoms with Crippen molar-refractivity contribution in [3.8, 4) is 0 Å². The Labute approximate surface area is 161 Å². The Morgan fingerprint density at radius 1 is 1.22 bits per heavy atom. The van der Waals surface area contributed by atoms with Crippen molar-refractivity contribution in [1.82, 2.24) is 0 Å². The van der Waals surface area contributed by atoms with Crippen LogP contribution in [0.2, 0.25) is 0 Å². The predicted molar refractivity (Wildman–Crippen MR) is 99.6 cm³/mol. The Kier molecular flexibility index (Phi) is 4.18. The fourth-order valence-corrected chi connectivity index (χ4v) is 7.69. The Morgan fingerprint density at radius 3 is 2.59 bits per heavy atom. The zero-order chi connectivity index (χ0) is 19.8. The molecule has 4 saturated carbocycles. The van der Waals surface area contributed by atoms with Crippen LogP contribution in [0.1, 0.15) is 59.3 Å². The molecule has 2 N–H and O–H groups in total. The van der Waals surface area contributed by atoms with Gasteiger partial charge in [0.05, 0.1) is 24.2 Å². The van der Waals surface area contributed by atoms with Crippen molar-refractivity contribution in [2.75, 3.05) is 6.61 Å².